The van der Waals surface area contributed by atoms with Gasteiger partial charge in [-0.15, -0.1) is 0 Å². The molecule has 2 N–H and O–H groups in total. The van der Waals surface area contributed by atoms with Crippen molar-refractivity contribution in [1.82, 2.24) is 9.97 Å². The third-order valence-electron chi connectivity index (χ3n) is 3.12. The van der Waals surface area contributed by atoms with Crippen LogP contribution in [0.5, 0.6) is 0 Å². The Morgan fingerprint density at radius 3 is 2.62 bits per heavy atom. The van der Waals surface area contributed by atoms with Crippen molar-refractivity contribution in [3.63, 3.8) is 0 Å². The monoisotopic (exact) mass is 328 g/mol. The molecule has 1 heterocycles. The number of carbonyl (C=O) groups is 2. The first-order valence-electron chi connectivity index (χ1n) is 7.55. The molecular formula is C17H20N4O3. The average molecular weight is 328 g/mol. The van der Waals surface area contributed by atoms with Crippen molar-refractivity contribution in [2.45, 2.75) is 13.8 Å². The van der Waals surface area contributed by atoms with Crippen LogP contribution in [0.2, 0.25) is 0 Å². The lowest BCUT2D eigenvalue weighted by molar-refractivity contribution is 0.0600. The van der Waals surface area contributed by atoms with E-state index in [1.807, 2.05) is 0 Å². The highest BCUT2D eigenvalue weighted by Gasteiger charge is 2.11. The first-order chi connectivity index (χ1) is 11.5. The van der Waals surface area contributed by atoms with E-state index in [9.17, 15) is 9.59 Å². The zero-order chi connectivity index (χ0) is 17.5. The van der Waals surface area contributed by atoms with Crippen molar-refractivity contribution < 1.29 is 14.3 Å². The van der Waals surface area contributed by atoms with Gasteiger partial charge < -0.3 is 15.4 Å². The number of hydrogen-bond donors (Lipinski definition) is 2. The fourth-order valence-corrected chi connectivity index (χ4v) is 1.88. The van der Waals surface area contributed by atoms with Crippen molar-refractivity contribution >= 4 is 23.4 Å². The van der Waals surface area contributed by atoms with Gasteiger partial charge in [0.05, 0.1) is 25.1 Å². The molecule has 0 unspecified atom stereocenters. The lowest BCUT2D eigenvalue weighted by Crippen LogP contribution is -2.15. The Bertz CT molecular complexity index is 714. The van der Waals surface area contributed by atoms with Crippen LogP contribution < -0.4 is 10.6 Å². The van der Waals surface area contributed by atoms with E-state index in [4.69, 9.17) is 0 Å². The second kappa shape index (κ2) is 8.05. The fraction of sp³-hybridized carbons (Fsp3) is 0.294. The summed E-state index contributed by atoms with van der Waals surface area (Å²) in [5.41, 5.74) is 1.02. The number of nitrogens with zero attached hydrogens (tertiary/aromatic N) is 2. The highest BCUT2D eigenvalue weighted by Crippen LogP contribution is 2.13. The molecule has 24 heavy (non-hydrogen) atoms. The lowest BCUT2D eigenvalue weighted by Gasteiger charge is -2.09. The molecule has 0 spiro atoms. The quantitative estimate of drug-likeness (QED) is 0.792. The number of methoxy groups -OCH3 is 1. The third kappa shape index (κ3) is 4.77. The topological polar surface area (TPSA) is 93.2 Å². The van der Waals surface area contributed by atoms with Crippen molar-refractivity contribution in [2.75, 3.05) is 24.3 Å². The van der Waals surface area contributed by atoms with Crippen molar-refractivity contribution in [3.05, 3.63) is 47.9 Å². The lowest BCUT2D eigenvalue weighted by atomic mass is 10.2. The Morgan fingerprint density at radius 2 is 2.00 bits per heavy atom. The van der Waals surface area contributed by atoms with Crippen molar-refractivity contribution in [3.8, 4) is 0 Å². The van der Waals surface area contributed by atoms with Gasteiger partial charge in [0.25, 0.3) is 5.91 Å². The third-order valence-corrected chi connectivity index (χ3v) is 3.12. The van der Waals surface area contributed by atoms with E-state index in [1.165, 1.54) is 25.6 Å². The van der Waals surface area contributed by atoms with Gasteiger partial charge in [-0.2, -0.15) is 0 Å². The summed E-state index contributed by atoms with van der Waals surface area (Å²) in [5.74, 6) is 0.233. The Balaban J connectivity index is 2.03. The normalized spacial score (nSPS) is 10.3. The smallest absolute Gasteiger partial charge is 0.337 e. The molecular weight excluding hydrogens is 308 g/mol. The molecule has 126 valence electrons. The summed E-state index contributed by atoms with van der Waals surface area (Å²) >= 11 is 0. The second-order valence-corrected chi connectivity index (χ2v) is 5.59. The maximum Gasteiger partial charge on any atom is 0.337 e. The van der Waals surface area contributed by atoms with Crippen LogP contribution in [0.25, 0.3) is 0 Å². The minimum absolute atomic E-state index is 0.188. The summed E-state index contributed by atoms with van der Waals surface area (Å²) in [6, 6.07) is 6.48. The first-order valence-corrected chi connectivity index (χ1v) is 7.55. The van der Waals surface area contributed by atoms with Gasteiger partial charge in [0.15, 0.2) is 0 Å². The molecule has 2 rings (SSSR count). The predicted octanol–water partition coefficient (Wildman–Crippen LogP) is 2.58. The van der Waals surface area contributed by atoms with Gasteiger partial charge >= 0.3 is 5.97 Å². The van der Waals surface area contributed by atoms with E-state index in [-0.39, 0.29) is 5.69 Å². The molecule has 0 bridgehead atoms. The van der Waals surface area contributed by atoms with E-state index in [2.05, 4.69) is 39.2 Å². The number of benzene rings is 1. The Hall–Kier alpha value is -2.96. The van der Waals surface area contributed by atoms with Crippen molar-refractivity contribution in [2.24, 2.45) is 5.92 Å². The average Bonchev–Trinajstić information content (AvgIpc) is 2.59. The molecule has 7 nitrogen and oxygen atoms in total. The molecule has 0 radical (unpaired) electrons. The summed E-state index contributed by atoms with van der Waals surface area (Å²) in [7, 11) is 1.30. The molecule has 1 aromatic carbocycles. The van der Waals surface area contributed by atoms with Crippen LogP contribution in [0, 0.1) is 5.92 Å². The highest BCUT2D eigenvalue weighted by molar-refractivity contribution is 6.03. The molecule has 0 aliphatic rings. The molecule has 1 aromatic heterocycles. The molecule has 0 saturated heterocycles. The number of carbonyl (C=O) groups excluding carboxylic acids is 2. The number of esters is 1. The van der Waals surface area contributed by atoms with Gasteiger partial charge in [0, 0.05) is 12.2 Å². The number of anilines is 2. The molecule has 0 saturated carbocycles. The van der Waals surface area contributed by atoms with Crippen LogP contribution in [0.3, 0.4) is 0 Å². The highest BCUT2D eigenvalue weighted by atomic mass is 16.5. The van der Waals surface area contributed by atoms with Crippen LogP contribution in [0.1, 0.15) is 34.7 Å². The Kier molecular flexibility index (Phi) is 5.83. The number of ether oxygens (including phenoxy) is 1. The summed E-state index contributed by atoms with van der Waals surface area (Å²) in [4.78, 5) is 32.0. The number of hydrogen-bond acceptors (Lipinski definition) is 6. The Labute approximate surface area is 140 Å². The summed E-state index contributed by atoms with van der Waals surface area (Å²) in [6.45, 7) is 4.95. The molecule has 0 fully saturated rings. The first kappa shape index (κ1) is 17.4. The molecule has 7 heteroatoms. The van der Waals surface area contributed by atoms with Crippen molar-refractivity contribution in [1.29, 1.82) is 0 Å². The zero-order valence-corrected chi connectivity index (χ0v) is 13.9. The molecule has 0 atom stereocenters. The van der Waals surface area contributed by atoms with E-state index in [1.54, 1.807) is 18.2 Å². The van der Waals surface area contributed by atoms with E-state index in [0.29, 0.717) is 23.0 Å². The fourth-order valence-electron chi connectivity index (χ4n) is 1.88. The standard InChI is InChI=1S/C17H20N4O3/c1-11(2)8-19-15-10-18-14(9-20-15)16(22)21-13-6-4-5-12(7-13)17(23)24-3/h4-7,9-11H,8H2,1-3H3,(H,19,20)(H,21,22). The van der Waals surface area contributed by atoms with E-state index in [0.717, 1.165) is 6.54 Å². The predicted molar refractivity (Wildman–Crippen MR) is 91.1 cm³/mol. The van der Waals surface area contributed by atoms with Gasteiger partial charge in [-0.05, 0) is 24.1 Å². The van der Waals surface area contributed by atoms with Gasteiger partial charge in [0.1, 0.15) is 11.5 Å². The number of amides is 1. The minimum Gasteiger partial charge on any atom is -0.465 e. The minimum atomic E-state index is -0.466. The SMILES string of the molecule is COC(=O)c1cccc(NC(=O)c2cnc(NCC(C)C)cn2)c1. The van der Waals surface area contributed by atoms with Crippen LogP contribution in [-0.2, 0) is 4.74 Å². The molecule has 0 aliphatic heterocycles. The maximum absolute atomic E-state index is 12.2. The van der Waals surface area contributed by atoms with Crippen LogP contribution in [0.15, 0.2) is 36.7 Å². The van der Waals surface area contributed by atoms with Crippen LogP contribution in [-0.4, -0.2) is 35.5 Å². The largest absolute Gasteiger partial charge is 0.465 e. The molecule has 0 aliphatic carbocycles. The number of nitrogens with one attached hydrogen (secondary N) is 2. The zero-order valence-electron chi connectivity index (χ0n) is 13.9. The van der Waals surface area contributed by atoms with Crippen LogP contribution in [0.4, 0.5) is 11.5 Å². The summed E-state index contributed by atoms with van der Waals surface area (Å²) < 4.78 is 4.65. The Morgan fingerprint density at radius 1 is 1.21 bits per heavy atom. The van der Waals surface area contributed by atoms with Crippen LogP contribution >= 0.6 is 0 Å². The molecule has 1 amide bonds. The molecule has 2 aromatic rings. The van der Waals surface area contributed by atoms with Gasteiger partial charge in [-0.3, -0.25) is 4.79 Å². The van der Waals surface area contributed by atoms with E-state index < -0.39 is 11.9 Å². The number of rotatable bonds is 6. The number of aromatic nitrogens is 2. The second-order valence-electron chi connectivity index (χ2n) is 5.59. The van der Waals surface area contributed by atoms with Gasteiger partial charge in [0.2, 0.25) is 0 Å². The summed E-state index contributed by atoms with van der Waals surface area (Å²) in [5, 5.41) is 5.81. The van der Waals surface area contributed by atoms with E-state index >= 15 is 0 Å². The maximum atomic E-state index is 12.2. The van der Waals surface area contributed by atoms with Gasteiger partial charge in [-0.25, -0.2) is 14.8 Å². The van der Waals surface area contributed by atoms with Gasteiger partial charge in [-0.1, -0.05) is 19.9 Å². The summed E-state index contributed by atoms with van der Waals surface area (Å²) in [6.07, 6.45) is 2.92.